The standard InChI is InChI=1S/C22H29FN4O2S.HI/c1-2-24-22(25-12-17-30(28,29)21-11-7-6-10-20(21)23)27-15-13-26(14-16-27)18-19-8-4-3-5-9-19;/h3-11H,2,12-18H2,1H3,(H,24,25);1H. The van der Waals surface area contributed by atoms with Crippen LogP contribution in [0.25, 0.3) is 0 Å². The monoisotopic (exact) mass is 560 g/mol. The van der Waals surface area contributed by atoms with Crippen molar-refractivity contribution in [3.8, 4) is 0 Å². The molecule has 2 aromatic carbocycles. The fourth-order valence-corrected chi connectivity index (χ4v) is 4.67. The highest BCUT2D eigenvalue weighted by molar-refractivity contribution is 14.0. The minimum atomic E-state index is -3.71. The van der Waals surface area contributed by atoms with Gasteiger partial charge in [-0.15, -0.1) is 24.0 Å². The van der Waals surface area contributed by atoms with E-state index >= 15 is 0 Å². The molecule has 0 atom stereocenters. The minimum Gasteiger partial charge on any atom is -0.357 e. The number of halogens is 2. The summed E-state index contributed by atoms with van der Waals surface area (Å²) in [7, 11) is -3.71. The van der Waals surface area contributed by atoms with Crippen LogP contribution in [-0.2, 0) is 16.4 Å². The maximum absolute atomic E-state index is 13.8. The zero-order valence-electron chi connectivity index (χ0n) is 17.7. The number of benzene rings is 2. The Kier molecular flexibility index (Phi) is 10.2. The van der Waals surface area contributed by atoms with Crippen molar-refractivity contribution in [3.05, 3.63) is 66.0 Å². The van der Waals surface area contributed by atoms with Gasteiger partial charge in [0.05, 0.1) is 12.3 Å². The van der Waals surface area contributed by atoms with E-state index in [2.05, 4.69) is 44.4 Å². The van der Waals surface area contributed by atoms with Crippen LogP contribution in [0, 0.1) is 5.82 Å². The van der Waals surface area contributed by atoms with Crippen molar-refractivity contribution in [2.24, 2.45) is 4.99 Å². The molecule has 1 saturated heterocycles. The fraction of sp³-hybridized carbons (Fsp3) is 0.409. The number of hydrogen-bond donors (Lipinski definition) is 1. The first-order valence-electron chi connectivity index (χ1n) is 10.3. The van der Waals surface area contributed by atoms with Gasteiger partial charge < -0.3 is 10.2 Å². The van der Waals surface area contributed by atoms with Gasteiger partial charge in [-0.3, -0.25) is 9.89 Å². The zero-order valence-corrected chi connectivity index (χ0v) is 20.9. The molecule has 31 heavy (non-hydrogen) atoms. The highest BCUT2D eigenvalue weighted by Crippen LogP contribution is 2.15. The second kappa shape index (κ2) is 12.4. The highest BCUT2D eigenvalue weighted by atomic mass is 127. The van der Waals surface area contributed by atoms with Crippen LogP contribution in [0.1, 0.15) is 12.5 Å². The number of piperazine rings is 1. The van der Waals surface area contributed by atoms with Crippen LogP contribution in [0.3, 0.4) is 0 Å². The van der Waals surface area contributed by atoms with Gasteiger partial charge in [0.15, 0.2) is 15.8 Å². The molecule has 0 saturated carbocycles. The van der Waals surface area contributed by atoms with Gasteiger partial charge >= 0.3 is 0 Å². The van der Waals surface area contributed by atoms with Gasteiger partial charge in [-0.25, -0.2) is 12.8 Å². The smallest absolute Gasteiger partial charge is 0.194 e. The first kappa shape index (κ1) is 25.5. The number of guanidine groups is 1. The van der Waals surface area contributed by atoms with Gasteiger partial charge in [0.1, 0.15) is 10.7 Å². The van der Waals surface area contributed by atoms with Gasteiger partial charge in [0, 0.05) is 39.3 Å². The second-order valence-electron chi connectivity index (χ2n) is 7.23. The van der Waals surface area contributed by atoms with E-state index in [0.717, 1.165) is 38.8 Å². The van der Waals surface area contributed by atoms with Crippen molar-refractivity contribution in [2.45, 2.75) is 18.4 Å². The number of sulfone groups is 1. The molecule has 0 spiro atoms. The largest absolute Gasteiger partial charge is 0.357 e. The average molecular weight is 560 g/mol. The van der Waals surface area contributed by atoms with Gasteiger partial charge in [0.2, 0.25) is 0 Å². The molecule has 2 aromatic rings. The molecule has 0 amide bonds. The minimum absolute atomic E-state index is 0. The summed E-state index contributed by atoms with van der Waals surface area (Å²) in [4.78, 5) is 8.79. The van der Waals surface area contributed by atoms with Crippen molar-refractivity contribution in [1.82, 2.24) is 15.1 Å². The van der Waals surface area contributed by atoms with E-state index in [9.17, 15) is 12.8 Å². The molecule has 1 fully saturated rings. The Bertz CT molecular complexity index is 949. The number of hydrogen-bond acceptors (Lipinski definition) is 4. The molecule has 1 N–H and O–H groups in total. The summed E-state index contributed by atoms with van der Waals surface area (Å²) in [6.07, 6.45) is 0. The molecule has 170 valence electrons. The molecule has 3 rings (SSSR count). The van der Waals surface area contributed by atoms with E-state index < -0.39 is 15.7 Å². The van der Waals surface area contributed by atoms with E-state index in [4.69, 9.17) is 0 Å². The molecular weight excluding hydrogens is 530 g/mol. The van der Waals surface area contributed by atoms with Gasteiger partial charge in [-0.2, -0.15) is 0 Å². The first-order chi connectivity index (χ1) is 14.5. The lowest BCUT2D eigenvalue weighted by molar-refractivity contribution is 0.172. The number of nitrogens with zero attached hydrogens (tertiary/aromatic N) is 3. The Hall–Kier alpha value is -1.72. The fourth-order valence-electron chi connectivity index (χ4n) is 3.46. The summed E-state index contributed by atoms with van der Waals surface area (Å²) >= 11 is 0. The second-order valence-corrected chi connectivity index (χ2v) is 9.31. The highest BCUT2D eigenvalue weighted by Gasteiger charge is 2.21. The molecule has 0 bridgehead atoms. The van der Waals surface area contributed by atoms with Crippen LogP contribution in [-0.4, -0.2) is 69.2 Å². The molecular formula is C22H30FIN4O2S. The van der Waals surface area contributed by atoms with Gasteiger partial charge in [-0.05, 0) is 24.6 Å². The van der Waals surface area contributed by atoms with Crippen LogP contribution < -0.4 is 5.32 Å². The van der Waals surface area contributed by atoms with Crippen molar-refractivity contribution < 1.29 is 12.8 Å². The summed E-state index contributed by atoms with van der Waals surface area (Å²) in [5.41, 5.74) is 1.30. The van der Waals surface area contributed by atoms with Crippen molar-refractivity contribution >= 4 is 39.8 Å². The van der Waals surface area contributed by atoms with E-state index in [0.29, 0.717) is 12.5 Å². The van der Waals surface area contributed by atoms with Crippen molar-refractivity contribution in [3.63, 3.8) is 0 Å². The maximum atomic E-state index is 13.8. The van der Waals surface area contributed by atoms with Crippen LogP contribution in [0.5, 0.6) is 0 Å². The Balaban J connectivity index is 0.00000341. The molecule has 0 aromatic heterocycles. The summed E-state index contributed by atoms with van der Waals surface area (Å²) < 4.78 is 38.7. The Morgan fingerprint density at radius 3 is 2.32 bits per heavy atom. The Morgan fingerprint density at radius 1 is 1.03 bits per heavy atom. The number of nitrogens with one attached hydrogen (secondary N) is 1. The lowest BCUT2D eigenvalue weighted by Crippen LogP contribution is -2.52. The molecule has 1 heterocycles. The van der Waals surface area contributed by atoms with Crippen LogP contribution in [0.2, 0.25) is 0 Å². The third kappa shape index (κ3) is 7.43. The molecule has 0 unspecified atom stereocenters. The zero-order chi connectivity index (χ0) is 21.4. The SMILES string of the molecule is CCNC(=NCCS(=O)(=O)c1ccccc1F)N1CCN(Cc2ccccc2)CC1.I. The van der Waals surface area contributed by atoms with Gasteiger partial charge in [0.25, 0.3) is 0 Å². The summed E-state index contributed by atoms with van der Waals surface area (Å²) in [6, 6.07) is 15.9. The third-order valence-corrected chi connectivity index (χ3v) is 6.77. The first-order valence-corrected chi connectivity index (χ1v) is 11.9. The molecule has 0 aliphatic carbocycles. The lowest BCUT2D eigenvalue weighted by Gasteiger charge is -2.36. The predicted molar refractivity (Wildman–Crippen MR) is 133 cm³/mol. The quantitative estimate of drug-likeness (QED) is 0.321. The Morgan fingerprint density at radius 2 is 1.68 bits per heavy atom. The van der Waals surface area contributed by atoms with E-state index in [1.165, 1.54) is 23.8 Å². The molecule has 9 heteroatoms. The van der Waals surface area contributed by atoms with E-state index in [1.54, 1.807) is 0 Å². The molecule has 1 aliphatic heterocycles. The van der Waals surface area contributed by atoms with Crippen molar-refractivity contribution in [1.29, 1.82) is 0 Å². The molecule has 1 aliphatic rings. The van der Waals surface area contributed by atoms with E-state index in [-0.39, 0.29) is 41.2 Å². The van der Waals surface area contributed by atoms with Crippen LogP contribution in [0.15, 0.2) is 64.5 Å². The van der Waals surface area contributed by atoms with Crippen molar-refractivity contribution in [2.75, 3.05) is 45.0 Å². The Labute approximate surface area is 201 Å². The molecule has 0 radical (unpaired) electrons. The average Bonchev–Trinajstić information content (AvgIpc) is 2.75. The summed E-state index contributed by atoms with van der Waals surface area (Å²) in [5.74, 6) is -0.236. The normalized spacial score (nSPS) is 15.4. The maximum Gasteiger partial charge on any atom is 0.194 e. The summed E-state index contributed by atoms with van der Waals surface area (Å²) in [6.45, 7) is 7.14. The lowest BCUT2D eigenvalue weighted by atomic mass is 10.2. The third-order valence-electron chi connectivity index (χ3n) is 5.05. The van der Waals surface area contributed by atoms with Crippen LogP contribution >= 0.6 is 24.0 Å². The number of rotatable bonds is 7. The van der Waals surface area contributed by atoms with E-state index in [1.807, 2.05) is 13.0 Å². The topological polar surface area (TPSA) is 65.0 Å². The summed E-state index contributed by atoms with van der Waals surface area (Å²) in [5, 5.41) is 3.24. The number of aliphatic imine (C=N–C) groups is 1. The molecule has 6 nitrogen and oxygen atoms in total. The predicted octanol–water partition coefficient (Wildman–Crippen LogP) is 3.00. The van der Waals surface area contributed by atoms with Gasteiger partial charge in [-0.1, -0.05) is 42.5 Å². The van der Waals surface area contributed by atoms with Crippen LogP contribution in [0.4, 0.5) is 4.39 Å².